The summed E-state index contributed by atoms with van der Waals surface area (Å²) in [6.45, 7) is 0. The second-order valence-electron chi connectivity index (χ2n) is 2.01. The van der Waals surface area contributed by atoms with E-state index in [2.05, 4.69) is 15.9 Å². The highest BCUT2D eigenvalue weighted by Gasteiger charge is 2.26. The Bertz CT molecular complexity index is 172. The smallest absolute Gasteiger partial charge is 0.131 e. The van der Waals surface area contributed by atoms with Crippen LogP contribution in [0.25, 0.3) is 0 Å². The molecule has 0 radical (unpaired) electrons. The lowest BCUT2D eigenvalue weighted by atomic mass is 10.1. The predicted octanol–water partition coefficient (Wildman–Crippen LogP) is 1.85. The zero-order valence-corrected chi connectivity index (χ0v) is 6.36. The van der Waals surface area contributed by atoms with Crippen molar-refractivity contribution in [1.82, 2.24) is 0 Å². The van der Waals surface area contributed by atoms with Crippen LogP contribution < -0.4 is 5.73 Å². The standard InChI is InChI=1S/C6H7BrFN/c7-6(9)4-2-1-3-5(6)8/h1-3H,4,9H2. The fraction of sp³-hybridized carbons (Fsp3) is 0.333. The van der Waals surface area contributed by atoms with Crippen molar-refractivity contribution in [3.8, 4) is 0 Å². The van der Waals surface area contributed by atoms with Crippen LogP contribution in [0.1, 0.15) is 6.42 Å². The van der Waals surface area contributed by atoms with Gasteiger partial charge in [-0.05, 0) is 6.08 Å². The Kier molecular flexibility index (Phi) is 1.73. The summed E-state index contributed by atoms with van der Waals surface area (Å²) in [5.74, 6) is -0.315. The molecule has 0 heterocycles. The molecule has 1 nitrogen and oxygen atoms in total. The second-order valence-corrected chi connectivity index (χ2v) is 3.42. The van der Waals surface area contributed by atoms with Crippen molar-refractivity contribution >= 4 is 15.9 Å². The molecule has 1 atom stereocenters. The predicted molar refractivity (Wildman–Crippen MR) is 38.8 cm³/mol. The van der Waals surface area contributed by atoms with Crippen LogP contribution in [0.5, 0.6) is 0 Å². The van der Waals surface area contributed by atoms with Gasteiger partial charge >= 0.3 is 0 Å². The van der Waals surface area contributed by atoms with Gasteiger partial charge in [-0.1, -0.05) is 28.1 Å². The van der Waals surface area contributed by atoms with Crippen molar-refractivity contribution in [2.75, 3.05) is 0 Å². The van der Waals surface area contributed by atoms with Crippen LogP contribution >= 0.6 is 15.9 Å². The monoisotopic (exact) mass is 191 g/mol. The molecular weight excluding hydrogens is 185 g/mol. The fourth-order valence-electron chi connectivity index (χ4n) is 0.628. The molecule has 0 spiro atoms. The molecule has 50 valence electrons. The highest BCUT2D eigenvalue weighted by Crippen LogP contribution is 2.29. The molecule has 9 heavy (non-hydrogen) atoms. The number of rotatable bonds is 0. The summed E-state index contributed by atoms with van der Waals surface area (Å²) in [7, 11) is 0. The maximum absolute atomic E-state index is 12.6. The number of allylic oxidation sites excluding steroid dienone is 2. The molecular formula is C6H7BrFN. The van der Waals surface area contributed by atoms with Crippen molar-refractivity contribution in [1.29, 1.82) is 0 Å². The van der Waals surface area contributed by atoms with Crippen LogP contribution in [0.4, 0.5) is 4.39 Å². The van der Waals surface area contributed by atoms with E-state index in [1.807, 2.05) is 6.08 Å². The first-order valence-electron chi connectivity index (χ1n) is 2.63. The lowest BCUT2D eigenvalue weighted by Crippen LogP contribution is -2.33. The van der Waals surface area contributed by atoms with Crippen molar-refractivity contribution in [2.24, 2.45) is 5.73 Å². The molecule has 1 unspecified atom stereocenters. The topological polar surface area (TPSA) is 26.0 Å². The number of hydrogen-bond acceptors (Lipinski definition) is 1. The van der Waals surface area contributed by atoms with Gasteiger partial charge in [-0.25, -0.2) is 4.39 Å². The van der Waals surface area contributed by atoms with Gasteiger partial charge in [0.05, 0.1) is 0 Å². The van der Waals surface area contributed by atoms with E-state index in [1.54, 1.807) is 6.08 Å². The molecule has 0 aromatic heterocycles. The first kappa shape index (κ1) is 6.96. The average molecular weight is 192 g/mol. The Hall–Kier alpha value is -0.150. The van der Waals surface area contributed by atoms with Crippen molar-refractivity contribution in [2.45, 2.75) is 10.9 Å². The molecule has 0 aromatic carbocycles. The first-order valence-corrected chi connectivity index (χ1v) is 3.43. The highest BCUT2D eigenvalue weighted by molar-refractivity contribution is 9.10. The quantitative estimate of drug-likeness (QED) is 0.460. The van der Waals surface area contributed by atoms with Crippen LogP contribution in [0.3, 0.4) is 0 Å². The van der Waals surface area contributed by atoms with Gasteiger partial charge < -0.3 is 5.73 Å². The van der Waals surface area contributed by atoms with Gasteiger partial charge in [0.25, 0.3) is 0 Å². The lowest BCUT2D eigenvalue weighted by Gasteiger charge is -2.20. The molecule has 0 aliphatic heterocycles. The van der Waals surface area contributed by atoms with Gasteiger partial charge in [0.2, 0.25) is 0 Å². The normalized spacial score (nSPS) is 34.3. The molecule has 2 N–H and O–H groups in total. The third kappa shape index (κ3) is 1.40. The number of hydrogen-bond donors (Lipinski definition) is 1. The minimum Gasteiger partial charge on any atom is -0.310 e. The van der Waals surface area contributed by atoms with Crippen molar-refractivity contribution in [3.05, 3.63) is 24.1 Å². The molecule has 0 bridgehead atoms. The van der Waals surface area contributed by atoms with Crippen LogP contribution in [-0.2, 0) is 0 Å². The minimum atomic E-state index is -0.943. The number of nitrogens with two attached hydrogens (primary N) is 1. The van der Waals surface area contributed by atoms with E-state index in [0.717, 1.165) is 0 Å². The van der Waals surface area contributed by atoms with Crippen LogP contribution in [0, 0.1) is 0 Å². The number of halogens is 2. The molecule has 1 rings (SSSR count). The van der Waals surface area contributed by atoms with Crippen LogP contribution in [-0.4, -0.2) is 4.45 Å². The fourth-order valence-corrected chi connectivity index (χ4v) is 0.947. The molecule has 1 aliphatic rings. The summed E-state index contributed by atoms with van der Waals surface area (Å²) < 4.78 is 11.7. The van der Waals surface area contributed by atoms with E-state index in [1.165, 1.54) is 6.08 Å². The zero-order chi connectivity index (χ0) is 6.91. The summed E-state index contributed by atoms with van der Waals surface area (Å²) >= 11 is 3.04. The van der Waals surface area contributed by atoms with E-state index >= 15 is 0 Å². The third-order valence-electron chi connectivity index (χ3n) is 1.19. The van der Waals surface area contributed by atoms with Gasteiger partial charge in [-0.3, -0.25) is 0 Å². The summed E-state index contributed by atoms with van der Waals surface area (Å²) in [4.78, 5) is 0. The van der Waals surface area contributed by atoms with E-state index in [-0.39, 0.29) is 5.83 Å². The Balaban J connectivity index is 2.83. The van der Waals surface area contributed by atoms with E-state index in [9.17, 15) is 4.39 Å². The molecule has 1 aliphatic carbocycles. The summed E-state index contributed by atoms with van der Waals surface area (Å²) in [5.41, 5.74) is 5.44. The number of alkyl halides is 1. The maximum Gasteiger partial charge on any atom is 0.131 e. The van der Waals surface area contributed by atoms with Crippen molar-refractivity contribution in [3.63, 3.8) is 0 Å². The van der Waals surface area contributed by atoms with Gasteiger partial charge in [-0.2, -0.15) is 0 Å². The Morgan fingerprint density at radius 2 is 2.44 bits per heavy atom. The summed E-state index contributed by atoms with van der Waals surface area (Å²) in [6, 6.07) is 0. The molecule has 3 heteroatoms. The van der Waals surface area contributed by atoms with Crippen LogP contribution in [0.15, 0.2) is 24.1 Å². The van der Waals surface area contributed by atoms with Gasteiger partial charge in [-0.15, -0.1) is 0 Å². The summed E-state index contributed by atoms with van der Waals surface area (Å²) in [6.07, 6.45) is 5.34. The molecule has 0 aromatic rings. The largest absolute Gasteiger partial charge is 0.310 e. The first-order chi connectivity index (χ1) is 4.13. The highest BCUT2D eigenvalue weighted by atomic mass is 79.9. The third-order valence-corrected chi connectivity index (χ3v) is 1.89. The van der Waals surface area contributed by atoms with E-state index in [4.69, 9.17) is 5.73 Å². The van der Waals surface area contributed by atoms with E-state index in [0.29, 0.717) is 6.42 Å². The second kappa shape index (κ2) is 2.23. The van der Waals surface area contributed by atoms with Gasteiger partial charge in [0, 0.05) is 6.42 Å². The Morgan fingerprint density at radius 1 is 1.78 bits per heavy atom. The van der Waals surface area contributed by atoms with Crippen LogP contribution in [0.2, 0.25) is 0 Å². The summed E-state index contributed by atoms with van der Waals surface area (Å²) in [5, 5.41) is 0. The van der Waals surface area contributed by atoms with Crippen molar-refractivity contribution < 1.29 is 4.39 Å². The molecule has 0 amide bonds. The molecule has 0 fully saturated rings. The zero-order valence-electron chi connectivity index (χ0n) is 4.77. The molecule has 0 saturated heterocycles. The Morgan fingerprint density at radius 3 is 2.78 bits per heavy atom. The molecule has 0 saturated carbocycles. The van der Waals surface area contributed by atoms with Gasteiger partial charge in [0.1, 0.15) is 10.3 Å². The van der Waals surface area contributed by atoms with Gasteiger partial charge in [0.15, 0.2) is 0 Å². The Labute approximate surface area is 61.6 Å². The minimum absolute atomic E-state index is 0.315. The maximum atomic E-state index is 12.6. The van der Waals surface area contributed by atoms with E-state index < -0.39 is 4.45 Å². The SMILES string of the molecule is NC1(Br)CC=CC=C1F. The average Bonchev–Trinajstić information content (AvgIpc) is 1.77. The lowest BCUT2D eigenvalue weighted by molar-refractivity contribution is 0.515.